The van der Waals surface area contributed by atoms with E-state index in [-0.39, 0.29) is 28.8 Å². The summed E-state index contributed by atoms with van der Waals surface area (Å²) in [5.74, 6) is -1.53. The van der Waals surface area contributed by atoms with Gasteiger partial charge in [-0.3, -0.25) is 14.4 Å². The molecule has 7 rings (SSSR count). The van der Waals surface area contributed by atoms with Crippen LogP contribution in [0.2, 0.25) is 0 Å². The zero-order valence-corrected chi connectivity index (χ0v) is 21.7. The van der Waals surface area contributed by atoms with Gasteiger partial charge >= 0.3 is 0 Å². The fourth-order valence-corrected chi connectivity index (χ4v) is 6.95. The summed E-state index contributed by atoms with van der Waals surface area (Å²) < 4.78 is 5.43. The maximum absolute atomic E-state index is 14.6. The van der Waals surface area contributed by atoms with E-state index >= 15 is 0 Å². The molecule has 1 N–H and O–H groups in total. The molecule has 3 aliphatic rings. The van der Waals surface area contributed by atoms with E-state index in [2.05, 4.69) is 0 Å². The summed E-state index contributed by atoms with van der Waals surface area (Å²) in [4.78, 5) is 45.8. The number of nitrogens with zero attached hydrogens (tertiary/aromatic N) is 1. The molecule has 3 atom stereocenters. The Morgan fingerprint density at radius 3 is 2.20 bits per heavy atom. The number of anilines is 1. The smallest absolute Gasteiger partial charge is 0.185 e. The Labute approximate surface area is 231 Å². The molecule has 1 unspecified atom stereocenters. The SMILES string of the molecule is COc1cc([C@H]2[C@H](C(=O)c3ccccc3)N3c4ccccc4C=CC3C23C(=O)c2ccccc2C3=O)ccc1O. The third-order valence-electron chi connectivity index (χ3n) is 8.60. The quantitative estimate of drug-likeness (QED) is 0.270. The number of ether oxygens (including phenoxy) is 1. The minimum Gasteiger partial charge on any atom is -0.504 e. The maximum atomic E-state index is 14.6. The number of fused-ring (bicyclic) bond motifs is 5. The van der Waals surface area contributed by atoms with Gasteiger partial charge < -0.3 is 14.7 Å². The van der Waals surface area contributed by atoms with Gasteiger partial charge in [-0.25, -0.2) is 0 Å². The van der Waals surface area contributed by atoms with Crippen molar-refractivity contribution in [2.24, 2.45) is 5.41 Å². The first-order valence-corrected chi connectivity index (χ1v) is 13.2. The van der Waals surface area contributed by atoms with Gasteiger partial charge in [0.1, 0.15) is 11.5 Å². The third kappa shape index (κ3) is 3.07. The Kier molecular flexibility index (Phi) is 5.29. The van der Waals surface area contributed by atoms with Crippen LogP contribution in [0.3, 0.4) is 0 Å². The van der Waals surface area contributed by atoms with Gasteiger partial charge in [-0.1, -0.05) is 91.0 Å². The van der Waals surface area contributed by atoms with Gasteiger partial charge in [-0.05, 0) is 29.3 Å². The lowest BCUT2D eigenvalue weighted by Crippen LogP contribution is -2.48. The van der Waals surface area contributed by atoms with Crippen LogP contribution in [0.5, 0.6) is 11.5 Å². The molecular formula is C34H25NO5. The van der Waals surface area contributed by atoms with Crippen molar-refractivity contribution in [3.05, 3.63) is 131 Å². The molecular weight excluding hydrogens is 502 g/mol. The van der Waals surface area contributed by atoms with Crippen LogP contribution in [0.25, 0.3) is 6.08 Å². The Hall–Kier alpha value is -4.97. The molecule has 2 aliphatic heterocycles. The Balaban J connectivity index is 1.56. The second-order valence-electron chi connectivity index (χ2n) is 10.4. The summed E-state index contributed by atoms with van der Waals surface area (Å²) in [5.41, 5.74) is 1.87. The number of methoxy groups -OCH3 is 1. The molecule has 4 aromatic rings. The molecule has 1 saturated heterocycles. The first-order chi connectivity index (χ1) is 19.5. The van der Waals surface area contributed by atoms with Crippen LogP contribution in [0.15, 0.2) is 103 Å². The molecule has 4 aromatic carbocycles. The normalized spacial score (nSPS) is 21.7. The summed E-state index contributed by atoms with van der Waals surface area (Å²) >= 11 is 0. The lowest BCUT2D eigenvalue weighted by Gasteiger charge is -2.37. The number of aromatic hydroxyl groups is 1. The summed E-state index contributed by atoms with van der Waals surface area (Å²) in [6.07, 6.45) is 3.83. The fraction of sp³-hybridized carbons (Fsp3) is 0.147. The highest BCUT2D eigenvalue weighted by Gasteiger charge is 2.71. The van der Waals surface area contributed by atoms with E-state index in [1.165, 1.54) is 13.2 Å². The first-order valence-electron chi connectivity index (χ1n) is 13.2. The molecule has 0 radical (unpaired) electrons. The van der Waals surface area contributed by atoms with E-state index in [1.807, 2.05) is 47.4 Å². The van der Waals surface area contributed by atoms with Crippen LogP contribution in [0, 0.1) is 5.41 Å². The number of Topliss-reactive ketones (excluding diaryl/α,β-unsaturated/α-hetero) is 3. The maximum Gasteiger partial charge on any atom is 0.185 e. The molecule has 0 amide bonds. The Morgan fingerprint density at radius 1 is 0.850 bits per heavy atom. The van der Waals surface area contributed by atoms with Crippen molar-refractivity contribution in [3.63, 3.8) is 0 Å². The molecule has 1 aliphatic carbocycles. The van der Waals surface area contributed by atoms with E-state index in [1.54, 1.807) is 60.7 Å². The van der Waals surface area contributed by atoms with E-state index in [4.69, 9.17) is 4.74 Å². The van der Waals surface area contributed by atoms with Crippen molar-refractivity contribution in [2.45, 2.75) is 18.0 Å². The average molecular weight is 528 g/mol. The van der Waals surface area contributed by atoms with Crippen molar-refractivity contribution in [2.75, 3.05) is 12.0 Å². The molecule has 0 aromatic heterocycles. The van der Waals surface area contributed by atoms with Crippen LogP contribution in [-0.4, -0.2) is 41.6 Å². The number of benzene rings is 4. The number of hydrogen-bond acceptors (Lipinski definition) is 6. The molecule has 6 nitrogen and oxygen atoms in total. The Bertz CT molecular complexity index is 1710. The van der Waals surface area contributed by atoms with Gasteiger partial charge in [0.25, 0.3) is 0 Å². The van der Waals surface area contributed by atoms with Crippen LogP contribution < -0.4 is 9.64 Å². The number of phenols is 1. The van der Waals surface area contributed by atoms with Gasteiger partial charge in [0.15, 0.2) is 28.8 Å². The van der Waals surface area contributed by atoms with Gasteiger partial charge in [-0.15, -0.1) is 0 Å². The molecule has 2 heterocycles. The van der Waals surface area contributed by atoms with Crippen molar-refractivity contribution in [1.82, 2.24) is 0 Å². The third-order valence-corrected chi connectivity index (χ3v) is 8.60. The topological polar surface area (TPSA) is 83.9 Å². The van der Waals surface area contributed by atoms with Gasteiger partial charge in [0.05, 0.1) is 13.2 Å². The molecule has 6 heteroatoms. The molecule has 1 spiro atoms. The number of hydrogen-bond donors (Lipinski definition) is 1. The zero-order valence-electron chi connectivity index (χ0n) is 21.7. The summed E-state index contributed by atoms with van der Waals surface area (Å²) in [6.45, 7) is 0. The second kappa shape index (κ2) is 8.78. The number of para-hydroxylation sites is 1. The second-order valence-corrected chi connectivity index (χ2v) is 10.4. The largest absolute Gasteiger partial charge is 0.504 e. The number of rotatable bonds is 4. The molecule has 0 bridgehead atoms. The molecule has 40 heavy (non-hydrogen) atoms. The first kappa shape index (κ1) is 24.1. The summed E-state index contributed by atoms with van der Waals surface area (Å²) in [5, 5.41) is 10.4. The standard InChI is InChI=1S/C34H25NO5/c1-40-27-19-22(15-17-26(27)36)29-30(31(37)21-10-3-2-4-11-21)35-25-14-8-5-9-20(25)16-18-28(35)34(29)32(38)23-12-6-7-13-24(23)33(34)39/h2-19,28-30,36H,1H3/t28?,29-,30+/m0/s1. The predicted octanol–water partition coefficient (Wildman–Crippen LogP) is 5.72. The van der Waals surface area contributed by atoms with Crippen molar-refractivity contribution in [1.29, 1.82) is 0 Å². The number of carbonyl (C=O) groups excluding carboxylic acids is 3. The lowest BCUT2D eigenvalue weighted by atomic mass is 9.64. The summed E-state index contributed by atoms with van der Waals surface area (Å²) in [6, 6.07) is 26.8. The monoisotopic (exact) mass is 527 g/mol. The van der Waals surface area contributed by atoms with E-state index in [0.29, 0.717) is 22.3 Å². The van der Waals surface area contributed by atoms with Crippen LogP contribution in [0.1, 0.15) is 48.1 Å². The van der Waals surface area contributed by atoms with Crippen LogP contribution in [0.4, 0.5) is 5.69 Å². The number of ketones is 3. The van der Waals surface area contributed by atoms with E-state index in [9.17, 15) is 19.5 Å². The van der Waals surface area contributed by atoms with Crippen molar-refractivity contribution < 1.29 is 24.2 Å². The van der Waals surface area contributed by atoms with Crippen molar-refractivity contribution >= 4 is 29.1 Å². The molecule has 0 saturated carbocycles. The highest BCUT2D eigenvalue weighted by Crippen LogP contribution is 2.61. The molecule has 196 valence electrons. The lowest BCUT2D eigenvalue weighted by molar-refractivity contribution is 0.0666. The zero-order chi connectivity index (χ0) is 27.6. The Morgan fingerprint density at radius 2 is 1.50 bits per heavy atom. The van der Waals surface area contributed by atoms with Gasteiger partial charge in [0, 0.05) is 28.3 Å². The minimum atomic E-state index is -1.61. The highest BCUT2D eigenvalue weighted by atomic mass is 16.5. The average Bonchev–Trinajstić information content (AvgIpc) is 3.43. The van der Waals surface area contributed by atoms with E-state index < -0.39 is 23.4 Å². The van der Waals surface area contributed by atoms with Crippen LogP contribution in [-0.2, 0) is 0 Å². The minimum absolute atomic E-state index is 0.0699. The van der Waals surface area contributed by atoms with Crippen molar-refractivity contribution in [3.8, 4) is 11.5 Å². The number of carbonyl (C=O) groups is 3. The van der Waals surface area contributed by atoms with E-state index in [0.717, 1.165) is 11.3 Å². The molecule has 1 fully saturated rings. The predicted molar refractivity (Wildman–Crippen MR) is 151 cm³/mol. The number of phenolic OH excluding ortho intramolecular Hbond substituents is 1. The fourth-order valence-electron chi connectivity index (χ4n) is 6.95. The van der Waals surface area contributed by atoms with Crippen LogP contribution >= 0.6 is 0 Å². The van der Waals surface area contributed by atoms with Gasteiger partial charge in [-0.2, -0.15) is 0 Å². The summed E-state index contributed by atoms with van der Waals surface area (Å²) in [7, 11) is 1.44. The highest BCUT2D eigenvalue weighted by molar-refractivity contribution is 6.32. The van der Waals surface area contributed by atoms with Gasteiger partial charge in [0.2, 0.25) is 0 Å².